The lowest BCUT2D eigenvalue weighted by Crippen LogP contribution is -2.40. The first-order valence-corrected chi connectivity index (χ1v) is 7.17. The van der Waals surface area contributed by atoms with Crippen molar-refractivity contribution in [3.63, 3.8) is 0 Å². The Morgan fingerprint density at radius 2 is 1.95 bits per heavy atom. The first kappa shape index (κ1) is 16.2. The molecule has 19 heavy (non-hydrogen) atoms. The summed E-state index contributed by atoms with van der Waals surface area (Å²) < 4.78 is 10.6. The van der Waals surface area contributed by atoms with E-state index in [1.807, 2.05) is 27.7 Å². The molecule has 0 aromatic carbocycles. The van der Waals surface area contributed by atoms with Crippen LogP contribution in [0.3, 0.4) is 0 Å². The molecule has 1 fully saturated rings. The van der Waals surface area contributed by atoms with E-state index < -0.39 is 5.60 Å². The van der Waals surface area contributed by atoms with Crippen LogP contribution in [-0.2, 0) is 9.47 Å². The van der Waals surface area contributed by atoms with Gasteiger partial charge in [0.05, 0.1) is 6.73 Å². The van der Waals surface area contributed by atoms with Crippen LogP contribution >= 0.6 is 0 Å². The Bertz CT molecular complexity index is 268. The predicted molar refractivity (Wildman–Crippen MR) is 75.0 cm³/mol. The van der Waals surface area contributed by atoms with Gasteiger partial charge in [-0.2, -0.15) is 0 Å². The Labute approximate surface area is 116 Å². The van der Waals surface area contributed by atoms with Gasteiger partial charge in [0, 0.05) is 26.2 Å². The highest BCUT2D eigenvalue weighted by Gasteiger charge is 2.21. The molecule has 0 aromatic rings. The molecule has 0 aromatic heterocycles. The molecular formula is C14H28N2O3. The highest BCUT2D eigenvalue weighted by Crippen LogP contribution is 2.16. The first-order chi connectivity index (χ1) is 8.90. The van der Waals surface area contributed by atoms with Gasteiger partial charge in [-0.3, -0.25) is 4.90 Å². The van der Waals surface area contributed by atoms with E-state index >= 15 is 0 Å². The molecule has 1 amide bonds. The summed E-state index contributed by atoms with van der Waals surface area (Å²) in [5, 5.41) is 2.86. The lowest BCUT2D eigenvalue weighted by atomic mass is 9.97. The zero-order chi connectivity index (χ0) is 14.3. The number of nitrogens with zero attached hydrogens (tertiary/aromatic N) is 1. The molecule has 112 valence electrons. The van der Waals surface area contributed by atoms with E-state index in [-0.39, 0.29) is 6.09 Å². The summed E-state index contributed by atoms with van der Waals surface area (Å²) in [6.45, 7) is 11.9. The number of hydrogen-bond donors (Lipinski definition) is 1. The van der Waals surface area contributed by atoms with Crippen LogP contribution < -0.4 is 5.32 Å². The topological polar surface area (TPSA) is 50.8 Å². The number of nitrogens with one attached hydrogen (secondary N) is 1. The van der Waals surface area contributed by atoms with Gasteiger partial charge in [0.2, 0.25) is 0 Å². The van der Waals surface area contributed by atoms with Gasteiger partial charge in [-0.1, -0.05) is 0 Å². The third-order valence-electron chi connectivity index (χ3n) is 3.12. The van der Waals surface area contributed by atoms with Crippen molar-refractivity contribution in [3.8, 4) is 0 Å². The molecule has 1 saturated heterocycles. The van der Waals surface area contributed by atoms with Crippen molar-refractivity contribution < 1.29 is 14.3 Å². The van der Waals surface area contributed by atoms with Crippen LogP contribution in [0.5, 0.6) is 0 Å². The van der Waals surface area contributed by atoms with Crippen molar-refractivity contribution in [3.05, 3.63) is 0 Å². The lowest BCUT2D eigenvalue weighted by Gasteiger charge is -2.31. The molecule has 1 aliphatic rings. The second-order valence-electron chi connectivity index (χ2n) is 6.07. The van der Waals surface area contributed by atoms with Gasteiger partial charge in [0.25, 0.3) is 0 Å². The van der Waals surface area contributed by atoms with Gasteiger partial charge >= 0.3 is 6.09 Å². The normalized spacial score (nSPS) is 18.3. The molecular weight excluding hydrogens is 244 g/mol. The van der Waals surface area contributed by atoms with E-state index in [4.69, 9.17) is 9.47 Å². The smallest absolute Gasteiger partial charge is 0.407 e. The number of ether oxygens (including phenoxy) is 2. The van der Waals surface area contributed by atoms with E-state index in [0.717, 1.165) is 39.3 Å². The van der Waals surface area contributed by atoms with Crippen LogP contribution in [0.2, 0.25) is 0 Å². The summed E-state index contributed by atoms with van der Waals surface area (Å²) in [5.41, 5.74) is -0.426. The number of alkyl carbamates (subject to hydrolysis) is 1. The number of likely N-dealkylation sites (tertiary alicyclic amines) is 1. The van der Waals surface area contributed by atoms with Crippen molar-refractivity contribution in [1.82, 2.24) is 10.2 Å². The molecule has 0 atom stereocenters. The van der Waals surface area contributed by atoms with Gasteiger partial charge < -0.3 is 14.8 Å². The fourth-order valence-corrected chi connectivity index (χ4v) is 2.08. The van der Waals surface area contributed by atoms with Gasteiger partial charge in [0.15, 0.2) is 0 Å². The Hall–Kier alpha value is -0.810. The van der Waals surface area contributed by atoms with E-state index in [2.05, 4.69) is 10.2 Å². The maximum atomic E-state index is 11.5. The Morgan fingerprint density at radius 3 is 2.47 bits per heavy atom. The molecule has 5 nitrogen and oxygen atoms in total. The van der Waals surface area contributed by atoms with Crippen molar-refractivity contribution >= 4 is 6.09 Å². The molecule has 0 unspecified atom stereocenters. The summed E-state index contributed by atoms with van der Waals surface area (Å²) in [5.74, 6) is 0.547. The SMILES string of the molecule is CCOCN1CCC(CNC(=O)OC(C)(C)C)CC1. The summed E-state index contributed by atoms with van der Waals surface area (Å²) in [4.78, 5) is 13.9. The third kappa shape index (κ3) is 7.38. The second-order valence-corrected chi connectivity index (χ2v) is 6.07. The maximum absolute atomic E-state index is 11.5. The Kier molecular flexibility index (Phi) is 6.58. The van der Waals surface area contributed by atoms with E-state index in [1.165, 1.54) is 0 Å². The van der Waals surface area contributed by atoms with Gasteiger partial charge in [-0.05, 0) is 46.5 Å². The molecule has 0 aliphatic carbocycles. The first-order valence-electron chi connectivity index (χ1n) is 7.17. The maximum Gasteiger partial charge on any atom is 0.407 e. The molecule has 5 heteroatoms. The summed E-state index contributed by atoms with van der Waals surface area (Å²) in [6, 6.07) is 0. The molecule has 0 radical (unpaired) electrons. The fraction of sp³-hybridized carbons (Fsp3) is 0.929. The summed E-state index contributed by atoms with van der Waals surface area (Å²) in [7, 11) is 0. The second kappa shape index (κ2) is 7.70. The fourth-order valence-electron chi connectivity index (χ4n) is 2.08. The van der Waals surface area contributed by atoms with Crippen molar-refractivity contribution in [2.45, 2.75) is 46.1 Å². The van der Waals surface area contributed by atoms with Crippen molar-refractivity contribution in [2.24, 2.45) is 5.92 Å². The average molecular weight is 272 g/mol. The van der Waals surface area contributed by atoms with E-state index in [0.29, 0.717) is 12.5 Å². The number of hydrogen-bond acceptors (Lipinski definition) is 4. The van der Waals surface area contributed by atoms with E-state index in [9.17, 15) is 4.79 Å². The quantitative estimate of drug-likeness (QED) is 0.833. The van der Waals surface area contributed by atoms with Gasteiger partial charge in [-0.25, -0.2) is 4.79 Å². The van der Waals surface area contributed by atoms with Crippen molar-refractivity contribution in [2.75, 3.05) is 33.0 Å². The number of carbonyl (C=O) groups excluding carboxylic acids is 1. The number of rotatable bonds is 5. The summed E-state index contributed by atoms with van der Waals surface area (Å²) >= 11 is 0. The minimum atomic E-state index is -0.426. The van der Waals surface area contributed by atoms with Crippen molar-refractivity contribution in [1.29, 1.82) is 0 Å². The van der Waals surface area contributed by atoms with Crippen LogP contribution in [0, 0.1) is 5.92 Å². The van der Waals surface area contributed by atoms with Crippen LogP contribution in [0.15, 0.2) is 0 Å². The van der Waals surface area contributed by atoms with Gasteiger partial charge in [-0.15, -0.1) is 0 Å². The minimum Gasteiger partial charge on any atom is -0.444 e. The van der Waals surface area contributed by atoms with Crippen LogP contribution in [0.1, 0.15) is 40.5 Å². The molecule has 1 heterocycles. The lowest BCUT2D eigenvalue weighted by molar-refractivity contribution is 0.0156. The number of amides is 1. The summed E-state index contributed by atoms with van der Waals surface area (Å²) in [6.07, 6.45) is 1.88. The van der Waals surface area contributed by atoms with Crippen LogP contribution in [0.4, 0.5) is 4.79 Å². The molecule has 0 spiro atoms. The number of carbonyl (C=O) groups is 1. The Morgan fingerprint density at radius 1 is 1.32 bits per heavy atom. The zero-order valence-electron chi connectivity index (χ0n) is 12.7. The Balaban J connectivity index is 2.14. The third-order valence-corrected chi connectivity index (χ3v) is 3.12. The predicted octanol–water partition coefficient (Wildman–Crippen LogP) is 2.22. The average Bonchev–Trinajstić information content (AvgIpc) is 2.33. The molecule has 0 bridgehead atoms. The number of piperidine rings is 1. The largest absolute Gasteiger partial charge is 0.444 e. The monoisotopic (exact) mass is 272 g/mol. The van der Waals surface area contributed by atoms with Crippen LogP contribution in [-0.4, -0.2) is 49.6 Å². The van der Waals surface area contributed by atoms with Crippen LogP contribution in [0.25, 0.3) is 0 Å². The minimum absolute atomic E-state index is 0.316. The zero-order valence-corrected chi connectivity index (χ0v) is 12.7. The molecule has 1 rings (SSSR count). The highest BCUT2D eigenvalue weighted by molar-refractivity contribution is 5.67. The molecule has 0 saturated carbocycles. The highest BCUT2D eigenvalue weighted by atomic mass is 16.6. The molecule has 1 N–H and O–H groups in total. The standard InChI is InChI=1S/C14H28N2O3/c1-5-18-11-16-8-6-12(7-9-16)10-15-13(17)19-14(2,3)4/h12H,5-11H2,1-4H3,(H,15,17). The van der Waals surface area contributed by atoms with Gasteiger partial charge in [0.1, 0.15) is 5.60 Å². The molecule has 1 aliphatic heterocycles. The van der Waals surface area contributed by atoms with E-state index in [1.54, 1.807) is 0 Å².